The number of hydrogen-bond donors (Lipinski definition) is 1. The smallest absolute Gasteiger partial charge is 0.0502 e. The molecule has 2 N–H and O–H groups in total. The van der Waals surface area contributed by atoms with E-state index in [1.165, 1.54) is 0 Å². The van der Waals surface area contributed by atoms with Gasteiger partial charge in [0.05, 0.1) is 5.54 Å². The fourth-order valence-electron chi connectivity index (χ4n) is 1.37. The van der Waals surface area contributed by atoms with Gasteiger partial charge in [0.25, 0.3) is 0 Å². The molecule has 0 aliphatic heterocycles. The third kappa shape index (κ3) is 3.37. The van der Waals surface area contributed by atoms with Crippen LogP contribution in [-0.4, -0.2) is 5.54 Å². The van der Waals surface area contributed by atoms with Crippen LogP contribution in [0.15, 0.2) is 60.3 Å². The van der Waals surface area contributed by atoms with Gasteiger partial charge in [-0.25, -0.2) is 0 Å². The van der Waals surface area contributed by atoms with E-state index >= 15 is 0 Å². The summed E-state index contributed by atoms with van der Waals surface area (Å²) < 4.78 is 0. The van der Waals surface area contributed by atoms with Crippen LogP contribution in [0.1, 0.15) is 20.3 Å². The molecule has 1 nitrogen and oxygen atoms in total. The Balaban J connectivity index is 3.08. The predicted octanol–water partition coefficient (Wildman–Crippen LogP) is 3.28. The molecule has 0 amide bonds. The second-order valence-electron chi connectivity index (χ2n) is 3.96. The number of allylic oxidation sites excluding steroid dienone is 7. The van der Waals surface area contributed by atoms with Crippen LogP contribution in [-0.2, 0) is 0 Å². The lowest BCUT2D eigenvalue weighted by molar-refractivity contribution is 0.736. The van der Waals surface area contributed by atoms with E-state index in [0.717, 1.165) is 17.6 Å². The van der Waals surface area contributed by atoms with Gasteiger partial charge < -0.3 is 5.73 Å². The van der Waals surface area contributed by atoms with E-state index in [0.29, 0.717) is 0 Å². The second-order valence-corrected chi connectivity index (χ2v) is 3.96. The zero-order chi connectivity index (χ0) is 11.3. The average Bonchev–Trinajstić information content (AvgIpc) is 2.34. The molecule has 80 valence electrons. The van der Waals surface area contributed by atoms with Crippen molar-refractivity contribution in [3.63, 3.8) is 0 Å². The molecule has 1 heteroatoms. The van der Waals surface area contributed by atoms with Crippen LogP contribution in [0.4, 0.5) is 0 Å². The molecule has 0 fully saturated rings. The highest BCUT2D eigenvalue weighted by Crippen LogP contribution is 2.19. The SMILES string of the molecule is C=CC1=C(/C=C\CC)C=CC(C)(N)C=C1. The molecule has 0 aromatic carbocycles. The Kier molecular flexibility index (Phi) is 3.87. The van der Waals surface area contributed by atoms with Crippen molar-refractivity contribution in [2.45, 2.75) is 25.8 Å². The lowest BCUT2D eigenvalue weighted by Crippen LogP contribution is -2.30. The van der Waals surface area contributed by atoms with E-state index in [1.807, 2.05) is 31.2 Å². The fourth-order valence-corrected chi connectivity index (χ4v) is 1.37. The molecule has 15 heavy (non-hydrogen) atoms. The average molecular weight is 201 g/mol. The predicted molar refractivity (Wildman–Crippen MR) is 67.5 cm³/mol. The molecule has 1 aliphatic rings. The third-order valence-corrected chi connectivity index (χ3v) is 2.33. The summed E-state index contributed by atoms with van der Waals surface area (Å²) >= 11 is 0. The molecular formula is C14H19N. The normalized spacial score (nSPS) is 26.1. The summed E-state index contributed by atoms with van der Waals surface area (Å²) in [6.07, 6.45) is 15.2. The standard InChI is InChI=1S/C14H19N/c1-4-6-7-13-9-11-14(3,15)10-8-12(13)5-2/h5-11H,2,4,15H2,1,3H3/b7-6-. The van der Waals surface area contributed by atoms with E-state index < -0.39 is 0 Å². The van der Waals surface area contributed by atoms with Gasteiger partial charge >= 0.3 is 0 Å². The lowest BCUT2D eigenvalue weighted by atomic mass is 10.0. The van der Waals surface area contributed by atoms with Crippen LogP contribution in [0.2, 0.25) is 0 Å². The van der Waals surface area contributed by atoms with Gasteiger partial charge in [-0.3, -0.25) is 0 Å². The van der Waals surface area contributed by atoms with Gasteiger partial charge in [-0.15, -0.1) is 0 Å². The molecule has 1 unspecified atom stereocenters. The van der Waals surface area contributed by atoms with Crippen LogP contribution in [0.3, 0.4) is 0 Å². The summed E-state index contributed by atoms with van der Waals surface area (Å²) in [4.78, 5) is 0. The summed E-state index contributed by atoms with van der Waals surface area (Å²) in [5, 5.41) is 0. The van der Waals surface area contributed by atoms with Crippen molar-refractivity contribution < 1.29 is 0 Å². The molecule has 0 heterocycles. The van der Waals surface area contributed by atoms with Gasteiger partial charge in [-0.1, -0.05) is 56.0 Å². The van der Waals surface area contributed by atoms with Crippen molar-refractivity contribution in [1.82, 2.24) is 0 Å². The molecule has 0 bridgehead atoms. The molecular weight excluding hydrogens is 182 g/mol. The van der Waals surface area contributed by atoms with Crippen molar-refractivity contribution in [3.05, 3.63) is 60.3 Å². The van der Waals surface area contributed by atoms with Crippen molar-refractivity contribution in [2.75, 3.05) is 0 Å². The summed E-state index contributed by atoms with van der Waals surface area (Å²) in [5.74, 6) is 0. The molecule has 0 aromatic heterocycles. The molecule has 0 spiro atoms. The van der Waals surface area contributed by atoms with E-state index in [4.69, 9.17) is 5.73 Å². The first-order valence-corrected chi connectivity index (χ1v) is 5.29. The van der Waals surface area contributed by atoms with E-state index in [2.05, 4.69) is 31.7 Å². The Morgan fingerprint density at radius 2 is 1.93 bits per heavy atom. The van der Waals surface area contributed by atoms with Crippen molar-refractivity contribution in [2.24, 2.45) is 5.73 Å². The van der Waals surface area contributed by atoms with Gasteiger partial charge in [0.2, 0.25) is 0 Å². The maximum Gasteiger partial charge on any atom is 0.0502 e. The molecule has 0 aromatic rings. The first-order valence-electron chi connectivity index (χ1n) is 5.29. The van der Waals surface area contributed by atoms with Crippen molar-refractivity contribution in [3.8, 4) is 0 Å². The Labute approximate surface area is 92.4 Å². The zero-order valence-electron chi connectivity index (χ0n) is 9.53. The van der Waals surface area contributed by atoms with E-state index in [9.17, 15) is 0 Å². The maximum atomic E-state index is 6.03. The summed E-state index contributed by atoms with van der Waals surface area (Å²) in [6.45, 7) is 7.91. The zero-order valence-corrected chi connectivity index (χ0v) is 9.53. The Bertz CT molecular complexity index is 352. The highest BCUT2D eigenvalue weighted by atomic mass is 14.7. The van der Waals surface area contributed by atoms with Crippen LogP contribution in [0.25, 0.3) is 0 Å². The van der Waals surface area contributed by atoms with Gasteiger partial charge in [0, 0.05) is 0 Å². The highest BCUT2D eigenvalue weighted by molar-refractivity contribution is 5.49. The topological polar surface area (TPSA) is 26.0 Å². The van der Waals surface area contributed by atoms with Gasteiger partial charge in [0.1, 0.15) is 0 Å². The van der Waals surface area contributed by atoms with Crippen molar-refractivity contribution in [1.29, 1.82) is 0 Å². The molecule has 1 atom stereocenters. The fraction of sp³-hybridized carbons (Fsp3) is 0.286. The highest BCUT2D eigenvalue weighted by Gasteiger charge is 2.12. The first kappa shape index (κ1) is 11.7. The summed E-state index contributed by atoms with van der Waals surface area (Å²) in [6, 6.07) is 0. The number of nitrogens with two attached hydrogens (primary N) is 1. The largest absolute Gasteiger partial charge is 0.319 e. The number of hydrogen-bond acceptors (Lipinski definition) is 1. The summed E-state index contributed by atoms with van der Waals surface area (Å²) in [5.41, 5.74) is 7.94. The Morgan fingerprint density at radius 3 is 2.47 bits per heavy atom. The third-order valence-electron chi connectivity index (χ3n) is 2.33. The quantitative estimate of drug-likeness (QED) is 0.745. The molecule has 1 rings (SSSR count). The van der Waals surface area contributed by atoms with Crippen LogP contribution >= 0.6 is 0 Å². The van der Waals surface area contributed by atoms with Crippen LogP contribution < -0.4 is 5.73 Å². The van der Waals surface area contributed by atoms with Crippen LogP contribution in [0.5, 0.6) is 0 Å². The van der Waals surface area contributed by atoms with E-state index in [1.54, 1.807) is 0 Å². The minimum atomic E-state index is -0.365. The van der Waals surface area contributed by atoms with Gasteiger partial charge in [-0.05, 0) is 24.5 Å². The van der Waals surface area contributed by atoms with Crippen molar-refractivity contribution >= 4 is 0 Å². The Morgan fingerprint density at radius 1 is 1.33 bits per heavy atom. The molecule has 0 radical (unpaired) electrons. The molecule has 0 saturated carbocycles. The summed E-state index contributed by atoms with van der Waals surface area (Å²) in [7, 11) is 0. The first-order chi connectivity index (χ1) is 7.09. The monoisotopic (exact) mass is 201 g/mol. The Hall–Kier alpha value is -1.34. The van der Waals surface area contributed by atoms with Crippen LogP contribution in [0, 0.1) is 0 Å². The molecule has 1 aliphatic carbocycles. The minimum Gasteiger partial charge on any atom is -0.319 e. The minimum absolute atomic E-state index is 0.365. The lowest BCUT2D eigenvalue weighted by Gasteiger charge is -2.12. The maximum absolute atomic E-state index is 6.03. The molecule has 0 saturated heterocycles. The van der Waals surface area contributed by atoms with E-state index in [-0.39, 0.29) is 5.54 Å². The number of rotatable bonds is 3. The van der Waals surface area contributed by atoms with Gasteiger partial charge in [0.15, 0.2) is 0 Å². The second kappa shape index (κ2) is 4.94. The van der Waals surface area contributed by atoms with Gasteiger partial charge in [-0.2, -0.15) is 0 Å².